The molecule has 1 aliphatic heterocycles. The molecular weight excluding hydrogens is 271 g/mol. The van der Waals surface area contributed by atoms with E-state index < -0.39 is 17.5 Å². The highest BCUT2D eigenvalue weighted by Crippen LogP contribution is 2.36. The molecule has 20 heavy (non-hydrogen) atoms. The molecular formula is C13H16F3N3O. The van der Waals surface area contributed by atoms with Crippen LogP contribution in [0.15, 0.2) is 18.2 Å². The number of benzene rings is 1. The molecule has 110 valence electrons. The van der Waals surface area contributed by atoms with Crippen molar-refractivity contribution >= 4 is 5.84 Å². The Kier molecular flexibility index (Phi) is 3.89. The number of halogens is 3. The smallest absolute Gasteiger partial charge is 0.419 e. The van der Waals surface area contributed by atoms with Gasteiger partial charge in [0.25, 0.3) is 0 Å². The Morgan fingerprint density at radius 1 is 1.20 bits per heavy atom. The van der Waals surface area contributed by atoms with Crippen LogP contribution in [0.1, 0.15) is 11.1 Å². The van der Waals surface area contributed by atoms with E-state index >= 15 is 0 Å². The zero-order valence-corrected chi connectivity index (χ0v) is 11.0. The summed E-state index contributed by atoms with van der Waals surface area (Å²) in [5.41, 5.74) is -0.937. The van der Waals surface area contributed by atoms with E-state index in [0.29, 0.717) is 13.1 Å². The van der Waals surface area contributed by atoms with E-state index in [1.807, 2.05) is 7.05 Å². The second-order valence-electron chi connectivity index (χ2n) is 4.87. The number of likely N-dealkylation sites (N-methyl/N-ethyl adjacent to an activating group) is 1. The van der Waals surface area contributed by atoms with Crippen LogP contribution in [0.2, 0.25) is 0 Å². The Bertz CT molecular complexity index is 508. The molecule has 0 saturated carbocycles. The number of aromatic hydroxyl groups is 1. The van der Waals surface area contributed by atoms with Gasteiger partial charge >= 0.3 is 6.18 Å². The summed E-state index contributed by atoms with van der Waals surface area (Å²) < 4.78 is 38.2. The Hall–Kier alpha value is -1.76. The highest BCUT2D eigenvalue weighted by Gasteiger charge is 2.34. The number of piperazine rings is 1. The zero-order chi connectivity index (χ0) is 14.9. The molecule has 1 aromatic carbocycles. The normalized spacial score (nSPS) is 17.3. The average molecular weight is 287 g/mol. The molecule has 0 aliphatic carbocycles. The second-order valence-corrected chi connectivity index (χ2v) is 4.87. The third kappa shape index (κ3) is 3.04. The van der Waals surface area contributed by atoms with E-state index in [2.05, 4.69) is 4.90 Å². The fourth-order valence-corrected chi connectivity index (χ4v) is 2.12. The second kappa shape index (κ2) is 5.32. The summed E-state index contributed by atoms with van der Waals surface area (Å²) in [6.07, 6.45) is -4.62. The Labute approximate surface area is 114 Å². The van der Waals surface area contributed by atoms with Gasteiger partial charge in [0.15, 0.2) is 0 Å². The van der Waals surface area contributed by atoms with Gasteiger partial charge in [0.2, 0.25) is 0 Å². The molecule has 2 rings (SSSR count). The number of alkyl halides is 3. The summed E-state index contributed by atoms with van der Waals surface area (Å²) >= 11 is 0. The van der Waals surface area contributed by atoms with Crippen LogP contribution < -0.4 is 0 Å². The van der Waals surface area contributed by atoms with Crippen molar-refractivity contribution < 1.29 is 18.3 Å². The van der Waals surface area contributed by atoms with Gasteiger partial charge < -0.3 is 14.9 Å². The van der Waals surface area contributed by atoms with E-state index in [1.54, 1.807) is 4.90 Å². The molecule has 0 atom stereocenters. The van der Waals surface area contributed by atoms with Gasteiger partial charge in [-0.15, -0.1) is 0 Å². The topological polar surface area (TPSA) is 50.6 Å². The predicted octanol–water partition coefficient (Wildman–Crippen LogP) is 1.98. The lowest BCUT2D eigenvalue weighted by Crippen LogP contribution is -2.47. The van der Waals surface area contributed by atoms with Crippen LogP contribution >= 0.6 is 0 Å². The summed E-state index contributed by atoms with van der Waals surface area (Å²) in [7, 11) is 1.96. The Morgan fingerprint density at radius 2 is 1.80 bits per heavy atom. The van der Waals surface area contributed by atoms with Crippen LogP contribution in [0, 0.1) is 5.41 Å². The maximum Gasteiger partial charge on any atom is 0.419 e. The molecule has 0 aromatic heterocycles. The van der Waals surface area contributed by atoms with Crippen molar-refractivity contribution in [2.45, 2.75) is 6.18 Å². The molecule has 0 radical (unpaired) electrons. The number of nitrogens with one attached hydrogen (secondary N) is 1. The van der Waals surface area contributed by atoms with E-state index in [1.165, 1.54) is 6.07 Å². The molecule has 4 nitrogen and oxygen atoms in total. The standard InChI is InChI=1S/C13H16F3N3O/c1-18-4-6-19(7-5-18)12(17)9-2-3-11(20)10(8-9)13(14,15)16/h2-3,8,17,20H,4-7H2,1H3. The number of nitrogens with zero attached hydrogens (tertiary/aromatic N) is 2. The molecule has 0 bridgehead atoms. The fraction of sp³-hybridized carbons (Fsp3) is 0.462. The minimum atomic E-state index is -4.62. The molecule has 1 fully saturated rings. The maximum absolute atomic E-state index is 12.7. The lowest BCUT2D eigenvalue weighted by molar-refractivity contribution is -0.138. The van der Waals surface area contributed by atoms with E-state index in [-0.39, 0.29) is 11.4 Å². The van der Waals surface area contributed by atoms with Crippen LogP contribution in [0.4, 0.5) is 13.2 Å². The predicted molar refractivity (Wildman–Crippen MR) is 69.0 cm³/mol. The van der Waals surface area contributed by atoms with Gasteiger partial charge in [0.05, 0.1) is 5.56 Å². The van der Waals surface area contributed by atoms with Crippen molar-refractivity contribution in [3.05, 3.63) is 29.3 Å². The molecule has 2 N–H and O–H groups in total. The van der Waals surface area contributed by atoms with Crippen LogP contribution in [-0.4, -0.2) is 54.0 Å². The van der Waals surface area contributed by atoms with Crippen molar-refractivity contribution in [1.29, 1.82) is 5.41 Å². The molecule has 1 aliphatic rings. The van der Waals surface area contributed by atoms with Crippen molar-refractivity contribution in [1.82, 2.24) is 9.80 Å². The summed E-state index contributed by atoms with van der Waals surface area (Å²) in [4.78, 5) is 3.84. The first kappa shape index (κ1) is 14.6. The van der Waals surface area contributed by atoms with Crippen LogP contribution in [0.3, 0.4) is 0 Å². The van der Waals surface area contributed by atoms with E-state index in [9.17, 15) is 18.3 Å². The quantitative estimate of drug-likeness (QED) is 0.613. The van der Waals surface area contributed by atoms with Gasteiger partial charge in [0, 0.05) is 31.7 Å². The van der Waals surface area contributed by atoms with Crippen LogP contribution in [-0.2, 0) is 6.18 Å². The molecule has 0 amide bonds. The van der Waals surface area contributed by atoms with Gasteiger partial charge in [-0.2, -0.15) is 13.2 Å². The maximum atomic E-state index is 12.7. The van der Waals surface area contributed by atoms with E-state index in [0.717, 1.165) is 25.2 Å². The Balaban J connectivity index is 2.23. The van der Waals surface area contributed by atoms with Gasteiger partial charge in [0.1, 0.15) is 11.6 Å². The first-order chi connectivity index (χ1) is 9.29. The number of hydrogen-bond donors (Lipinski definition) is 2. The highest BCUT2D eigenvalue weighted by atomic mass is 19.4. The highest BCUT2D eigenvalue weighted by molar-refractivity contribution is 5.96. The van der Waals surface area contributed by atoms with Gasteiger partial charge in [-0.3, -0.25) is 5.41 Å². The molecule has 0 unspecified atom stereocenters. The van der Waals surface area contributed by atoms with Crippen molar-refractivity contribution in [2.24, 2.45) is 0 Å². The molecule has 0 spiro atoms. The summed E-state index contributed by atoms with van der Waals surface area (Å²) in [6.45, 7) is 2.76. The lowest BCUT2D eigenvalue weighted by atomic mass is 10.1. The number of amidine groups is 1. The SMILES string of the molecule is CN1CCN(C(=N)c2ccc(O)c(C(F)(F)F)c2)CC1. The average Bonchev–Trinajstić information content (AvgIpc) is 2.38. The lowest BCUT2D eigenvalue weighted by Gasteiger charge is -2.34. The van der Waals surface area contributed by atoms with Gasteiger partial charge in [-0.05, 0) is 25.2 Å². The van der Waals surface area contributed by atoms with E-state index in [4.69, 9.17) is 5.41 Å². The third-order valence-corrected chi connectivity index (χ3v) is 3.39. The minimum Gasteiger partial charge on any atom is -0.507 e. The summed E-state index contributed by atoms with van der Waals surface area (Å²) in [5.74, 6) is -0.754. The molecule has 1 heterocycles. The van der Waals surface area contributed by atoms with Crippen LogP contribution in [0.25, 0.3) is 0 Å². The molecule has 7 heteroatoms. The number of phenolic OH excluding ortho intramolecular Hbond substituents is 1. The number of rotatable bonds is 1. The first-order valence-corrected chi connectivity index (χ1v) is 6.21. The molecule has 1 aromatic rings. The van der Waals surface area contributed by atoms with Crippen molar-refractivity contribution in [2.75, 3.05) is 33.2 Å². The minimum absolute atomic E-state index is 0.0589. The summed E-state index contributed by atoms with van der Waals surface area (Å²) in [5, 5.41) is 17.3. The van der Waals surface area contributed by atoms with Gasteiger partial charge in [-0.1, -0.05) is 0 Å². The zero-order valence-electron chi connectivity index (χ0n) is 11.0. The largest absolute Gasteiger partial charge is 0.507 e. The third-order valence-electron chi connectivity index (χ3n) is 3.39. The number of hydrogen-bond acceptors (Lipinski definition) is 3. The number of phenols is 1. The summed E-state index contributed by atoms with van der Waals surface area (Å²) in [6, 6.07) is 3.16. The fourth-order valence-electron chi connectivity index (χ4n) is 2.12. The Morgan fingerprint density at radius 3 is 2.35 bits per heavy atom. The first-order valence-electron chi connectivity index (χ1n) is 6.21. The van der Waals surface area contributed by atoms with Crippen molar-refractivity contribution in [3.8, 4) is 5.75 Å². The van der Waals surface area contributed by atoms with Crippen molar-refractivity contribution in [3.63, 3.8) is 0 Å². The molecule has 1 saturated heterocycles. The van der Waals surface area contributed by atoms with Gasteiger partial charge in [-0.25, -0.2) is 0 Å². The monoisotopic (exact) mass is 287 g/mol. The van der Waals surface area contributed by atoms with Crippen LogP contribution in [0.5, 0.6) is 5.75 Å².